The zero-order chi connectivity index (χ0) is 11.5. The van der Waals surface area contributed by atoms with Gasteiger partial charge < -0.3 is 11.1 Å². The molecular formula is C11H11N5. The Hall–Kier alpha value is -2.48. The quantitative estimate of drug-likeness (QED) is 0.710. The van der Waals surface area contributed by atoms with Gasteiger partial charge in [-0.15, -0.1) is 0 Å². The molecule has 0 atom stereocenters. The van der Waals surface area contributed by atoms with Gasteiger partial charge in [-0.05, 0) is 19.1 Å². The number of anilines is 3. The second kappa shape index (κ2) is 3.95. The highest BCUT2D eigenvalue weighted by molar-refractivity contribution is 5.68. The van der Waals surface area contributed by atoms with E-state index in [1.165, 1.54) is 5.56 Å². The molecule has 0 spiro atoms. The smallest absolute Gasteiger partial charge is 0.172 e. The highest BCUT2D eigenvalue weighted by Crippen LogP contribution is 2.21. The van der Waals surface area contributed by atoms with Crippen molar-refractivity contribution in [2.45, 2.75) is 6.92 Å². The van der Waals surface area contributed by atoms with Crippen molar-refractivity contribution in [1.82, 2.24) is 10.2 Å². The number of aromatic nitrogens is 2. The molecule has 16 heavy (non-hydrogen) atoms. The summed E-state index contributed by atoms with van der Waals surface area (Å²) in [5, 5.41) is 18.4. The van der Waals surface area contributed by atoms with Crippen LogP contribution < -0.4 is 11.1 Å². The molecule has 2 aromatic rings. The molecule has 0 aliphatic rings. The number of aryl methyl sites for hydroxylation is 1. The van der Waals surface area contributed by atoms with Crippen LogP contribution in [-0.2, 0) is 0 Å². The van der Waals surface area contributed by atoms with Crippen LogP contribution in [0.15, 0.2) is 24.3 Å². The molecule has 0 unspecified atom stereocenters. The van der Waals surface area contributed by atoms with E-state index in [0.717, 1.165) is 5.69 Å². The first-order valence-corrected chi connectivity index (χ1v) is 4.78. The Balaban J connectivity index is 2.27. The molecule has 0 fully saturated rings. The molecule has 1 heterocycles. The van der Waals surface area contributed by atoms with Gasteiger partial charge in [-0.25, -0.2) is 0 Å². The summed E-state index contributed by atoms with van der Waals surface area (Å²) in [6.07, 6.45) is 0. The average Bonchev–Trinajstić information content (AvgIpc) is 2.63. The monoisotopic (exact) mass is 213 g/mol. The normalized spacial score (nSPS) is 9.75. The van der Waals surface area contributed by atoms with Crippen molar-refractivity contribution in [3.63, 3.8) is 0 Å². The number of rotatable bonds is 2. The highest BCUT2D eigenvalue weighted by atomic mass is 15.2. The average molecular weight is 213 g/mol. The van der Waals surface area contributed by atoms with Gasteiger partial charge in [0.05, 0.1) is 0 Å². The summed E-state index contributed by atoms with van der Waals surface area (Å²) >= 11 is 0. The minimum absolute atomic E-state index is 0.275. The van der Waals surface area contributed by atoms with Crippen LogP contribution in [0.2, 0.25) is 0 Å². The molecule has 0 saturated heterocycles. The molecule has 0 saturated carbocycles. The first-order valence-electron chi connectivity index (χ1n) is 4.78. The number of aromatic amines is 1. The molecule has 2 rings (SSSR count). The van der Waals surface area contributed by atoms with Gasteiger partial charge in [0.25, 0.3) is 0 Å². The number of nitrogens with zero attached hydrogens (tertiary/aromatic N) is 2. The highest BCUT2D eigenvalue weighted by Gasteiger charge is 2.09. The number of nitrogen functional groups attached to an aromatic ring is 1. The fourth-order valence-electron chi connectivity index (χ4n) is 1.33. The predicted molar refractivity (Wildman–Crippen MR) is 62.2 cm³/mol. The van der Waals surface area contributed by atoms with Crippen LogP contribution in [-0.4, -0.2) is 10.2 Å². The van der Waals surface area contributed by atoms with Gasteiger partial charge >= 0.3 is 0 Å². The number of benzene rings is 1. The van der Waals surface area contributed by atoms with Crippen molar-refractivity contribution in [2.24, 2.45) is 0 Å². The van der Waals surface area contributed by atoms with Crippen LogP contribution in [0.1, 0.15) is 11.1 Å². The SMILES string of the molecule is Cc1ccc(Nc2n[nH]c(N)c2C#N)cc1. The molecule has 0 bridgehead atoms. The standard InChI is InChI=1S/C11H11N5/c1-7-2-4-8(5-3-7)14-11-9(6-12)10(13)15-16-11/h2-5H,1H3,(H4,13,14,15,16). The van der Waals surface area contributed by atoms with Crippen molar-refractivity contribution in [3.8, 4) is 6.07 Å². The van der Waals surface area contributed by atoms with Crippen molar-refractivity contribution in [3.05, 3.63) is 35.4 Å². The van der Waals surface area contributed by atoms with E-state index in [9.17, 15) is 0 Å². The fraction of sp³-hybridized carbons (Fsp3) is 0.0909. The third kappa shape index (κ3) is 1.81. The fourth-order valence-corrected chi connectivity index (χ4v) is 1.33. The van der Waals surface area contributed by atoms with E-state index in [-0.39, 0.29) is 5.82 Å². The molecule has 0 aliphatic carbocycles. The van der Waals surface area contributed by atoms with E-state index in [1.807, 2.05) is 37.3 Å². The molecule has 5 nitrogen and oxygen atoms in total. The predicted octanol–water partition coefficient (Wildman–Crippen LogP) is 1.92. The van der Waals surface area contributed by atoms with Gasteiger partial charge in [0.2, 0.25) is 0 Å². The van der Waals surface area contributed by atoms with Gasteiger partial charge in [0.1, 0.15) is 17.5 Å². The van der Waals surface area contributed by atoms with Crippen LogP contribution >= 0.6 is 0 Å². The number of nitrogens with one attached hydrogen (secondary N) is 2. The zero-order valence-electron chi connectivity index (χ0n) is 8.78. The zero-order valence-corrected chi connectivity index (χ0v) is 8.78. The van der Waals surface area contributed by atoms with E-state index in [2.05, 4.69) is 15.5 Å². The number of hydrogen-bond donors (Lipinski definition) is 3. The van der Waals surface area contributed by atoms with Crippen molar-refractivity contribution >= 4 is 17.3 Å². The van der Waals surface area contributed by atoms with E-state index < -0.39 is 0 Å². The first-order chi connectivity index (χ1) is 7.70. The molecule has 1 aromatic heterocycles. The molecular weight excluding hydrogens is 202 g/mol. The Bertz CT molecular complexity index is 532. The number of H-pyrrole nitrogens is 1. The molecule has 5 heteroatoms. The number of nitriles is 1. The lowest BCUT2D eigenvalue weighted by Crippen LogP contribution is -1.93. The third-order valence-corrected chi connectivity index (χ3v) is 2.22. The summed E-state index contributed by atoms with van der Waals surface area (Å²) in [6.45, 7) is 2.01. The second-order valence-corrected chi connectivity index (χ2v) is 3.46. The maximum Gasteiger partial charge on any atom is 0.172 e. The van der Waals surface area contributed by atoms with Gasteiger partial charge in [0, 0.05) is 5.69 Å². The number of hydrogen-bond acceptors (Lipinski definition) is 4. The maximum absolute atomic E-state index is 8.88. The summed E-state index contributed by atoms with van der Waals surface area (Å²) in [7, 11) is 0. The summed E-state index contributed by atoms with van der Waals surface area (Å²) in [5.74, 6) is 0.723. The largest absolute Gasteiger partial charge is 0.383 e. The lowest BCUT2D eigenvalue weighted by atomic mass is 10.2. The summed E-state index contributed by atoms with van der Waals surface area (Å²) in [4.78, 5) is 0. The molecule has 80 valence electrons. The van der Waals surface area contributed by atoms with Gasteiger partial charge in [0.15, 0.2) is 5.82 Å². The Labute approximate surface area is 92.9 Å². The van der Waals surface area contributed by atoms with Gasteiger partial charge in [-0.1, -0.05) is 17.7 Å². The van der Waals surface area contributed by atoms with E-state index >= 15 is 0 Å². The van der Waals surface area contributed by atoms with Crippen LogP contribution in [0.3, 0.4) is 0 Å². The lowest BCUT2D eigenvalue weighted by molar-refractivity contribution is 1.10. The Kier molecular flexibility index (Phi) is 2.48. The minimum Gasteiger partial charge on any atom is -0.383 e. The maximum atomic E-state index is 8.88. The number of nitrogens with two attached hydrogens (primary N) is 1. The van der Waals surface area contributed by atoms with Gasteiger partial charge in [-0.3, -0.25) is 5.10 Å². The molecule has 1 aromatic carbocycles. The Morgan fingerprint density at radius 2 is 2.06 bits per heavy atom. The second-order valence-electron chi connectivity index (χ2n) is 3.46. The van der Waals surface area contributed by atoms with Crippen LogP contribution in [0.25, 0.3) is 0 Å². The van der Waals surface area contributed by atoms with Crippen molar-refractivity contribution in [2.75, 3.05) is 11.1 Å². The van der Waals surface area contributed by atoms with E-state index in [0.29, 0.717) is 11.4 Å². The first kappa shape index (κ1) is 10.1. The lowest BCUT2D eigenvalue weighted by Gasteiger charge is -2.03. The van der Waals surface area contributed by atoms with E-state index in [1.54, 1.807) is 0 Å². The Morgan fingerprint density at radius 1 is 1.38 bits per heavy atom. The third-order valence-electron chi connectivity index (χ3n) is 2.22. The Morgan fingerprint density at radius 3 is 2.69 bits per heavy atom. The molecule has 4 N–H and O–H groups in total. The molecule has 0 radical (unpaired) electrons. The molecule has 0 amide bonds. The van der Waals surface area contributed by atoms with Crippen LogP contribution in [0.4, 0.5) is 17.3 Å². The van der Waals surface area contributed by atoms with Crippen molar-refractivity contribution < 1.29 is 0 Å². The van der Waals surface area contributed by atoms with Gasteiger partial charge in [-0.2, -0.15) is 10.4 Å². The van der Waals surface area contributed by atoms with Crippen molar-refractivity contribution in [1.29, 1.82) is 5.26 Å². The van der Waals surface area contributed by atoms with Crippen LogP contribution in [0.5, 0.6) is 0 Å². The summed E-state index contributed by atoms with van der Waals surface area (Å²) in [5.41, 5.74) is 7.93. The summed E-state index contributed by atoms with van der Waals surface area (Å²) in [6, 6.07) is 9.78. The van der Waals surface area contributed by atoms with E-state index in [4.69, 9.17) is 11.0 Å². The summed E-state index contributed by atoms with van der Waals surface area (Å²) < 4.78 is 0. The molecule has 0 aliphatic heterocycles. The minimum atomic E-state index is 0.275. The van der Waals surface area contributed by atoms with Crippen LogP contribution in [0, 0.1) is 18.3 Å². The topological polar surface area (TPSA) is 90.5 Å².